The summed E-state index contributed by atoms with van der Waals surface area (Å²) in [7, 11) is 0. The topological polar surface area (TPSA) is 50.7 Å². The van der Waals surface area contributed by atoms with Crippen LogP contribution in [0.3, 0.4) is 0 Å². The lowest BCUT2D eigenvalue weighted by atomic mass is 10.1. The van der Waals surface area contributed by atoms with E-state index in [4.69, 9.17) is 0 Å². The molecule has 2 aromatic rings. The van der Waals surface area contributed by atoms with Crippen molar-refractivity contribution >= 4 is 17.0 Å². The summed E-state index contributed by atoms with van der Waals surface area (Å²) < 4.78 is 0. The van der Waals surface area contributed by atoms with Crippen molar-refractivity contribution in [2.45, 2.75) is 38.5 Å². The molecule has 0 fully saturated rings. The Morgan fingerprint density at radius 3 is 3.00 bits per heavy atom. The highest BCUT2D eigenvalue weighted by Crippen LogP contribution is 2.19. The minimum atomic E-state index is 0.700. The molecule has 0 radical (unpaired) electrons. The summed E-state index contributed by atoms with van der Waals surface area (Å²) in [5.74, 6) is 0.882. The summed E-state index contributed by atoms with van der Waals surface area (Å²) in [5, 5.41) is 3.38. The van der Waals surface area contributed by atoms with Gasteiger partial charge >= 0.3 is 0 Å². The quantitative estimate of drug-likeness (QED) is 0.859. The number of nitrogens with zero attached hydrogens (tertiary/aromatic N) is 3. The second kappa shape index (κ2) is 6.46. The molecule has 0 bridgehead atoms. The Labute approximate surface area is 119 Å². The van der Waals surface area contributed by atoms with Gasteiger partial charge in [0.25, 0.3) is 0 Å². The fraction of sp³-hybridized carbons (Fsp3) is 0.438. The van der Waals surface area contributed by atoms with E-state index in [1.807, 2.05) is 12.1 Å². The molecule has 4 heteroatoms. The van der Waals surface area contributed by atoms with Crippen LogP contribution in [0.15, 0.2) is 36.2 Å². The van der Waals surface area contributed by atoms with Crippen LogP contribution in [-0.4, -0.2) is 21.5 Å². The number of hydrogen-bond acceptors (Lipinski definition) is 4. The molecule has 2 aromatic heterocycles. The minimum Gasteiger partial charge on any atom is -0.370 e. The SMILES string of the molecule is C1=C(CCNc2ccc3nccnc3n2)CCCCC1. The van der Waals surface area contributed by atoms with Gasteiger partial charge in [0.1, 0.15) is 11.3 Å². The Bertz CT molecular complexity index is 606. The average molecular weight is 268 g/mol. The van der Waals surface area contributed by atoms with Crippen molar-refractivity contribution in [3.8, 4) is 0 Å². The van der Waals surface area contributed by atoms with Gasteiger partial charge in [-0.1, -0.05) is 18.1 Å². The lowest BCUT2D eigenvalue weighted by Crippen LogP contribution is -2.05. The highest BCUT2D eigenvalue weighted by atomic mass is 15.0. The van der Waals surface area contributed by atoms with Crippen LogP contribution in [0.25, 0.3) is 11.2 Å². The number of anilines is 1. The van der Waals surface area contributed by atoms with E-state index in [0.717, 1.165) is 24.3 Å². The van der Waals surface area contributed by atoms with Gasteiger partial charge in [-0.15, -0.1) is 0 Å². The monoisotopic (exact) mass is 268 g/mol. The molecule has 0 saturated carbocycles. The van der Waals surface area contributed by atoms with E-state index in [9.17, 15) is 0 Å². The van der Waals surface area contributed by atoms with Crippen LogP contribution in [0.2, 0.25) is 0 Å². The van der Waals surface area contributed by atoms with Crippen molar-refractivity contribution in [2.24, 2.45) is 0 Å². The number of aromatic nitrogens is 3. The number of nitrogens with one attached hydrogen (secondary N) is 1. The Kier molecular flexibility index (Phi) is 4.21. The van der Waals surface area contributed by atoms with E-state index in [1.54, 1.807) is 18.0 Å². The third-order valence-electron chi connectivity index (χ3n) is 3.72. The van der Waals surface area contributed by atoms with Gasteiger partial charge in [-0.05, 0) is 44.2 Å². The first-order chi connectivity index (χ1) is 9.92. The van der Waals surface area contributed by atoms with Crippen LogP contribution in [0.1, 0.15) is 38.5 Å². The smallest absolute Gasteiger partial charge is 0.180 e. The molecule has 0 aliphatic heterocycles. The van der Waals surface area contributed by atoms with E-state index < -0.39 is 0 Å². The lowest BCUT2D eigenvalue weighted by Gasteiger charge is -2.08. The summed E-state index contributed by atoms with van der Waals surface area (Å²) in [6, 6.07) is 3.93. The molecular weight excluding hydrogens is 248 g/mol. The van der Waals surface area contributed by atoms with Crippen LogP contribution in [0.4, 0.5) is 5.82 Å². The second-order valence-corrected chi connectivity index (χ2v) is 5.23. The normalized spacial score (nSPS) is 15.7. The molecule has 0 aromatic carbocycles. The molecule has 1 aliphatic carbocycles. The van der Waals surface area contributed by atoms with E-state index >= 15 is 0 Å². The van der Waals surface area contributed by atoms with Gasteiger partial charge in [-0.25, -0.2) is 9.97 Å². The zero-order chi connectivity index (χ0) is 13.6. The third kappa shape index (κ3) is 3.32. The highest BCUT2D eigenvalue weighted by molar-refractivity contribution is 5.71. The molecule has 1 N–H and O–H groups in total. The number of pyridine rings is 1. The summed E-state index contributed by atoms with van der Waals surface area (Å²) >= 11 is 0. The van der Waals surface area contributed by atoms with Crippen molar-refractivity contribution in [2.75, 3.05) is 11.9 Å². The van der Waals surface area contributed by atoms with Crippen molar-refractivity contribution in [1.29, 1.82) is 0 Å². The van der Waals surface area contributed by atoms with Crippen molar-refractivity contribution < 1.29 is 0 Å². The first-order valence-electron chi connectivity index (χ1n) is 7.41. The standard InChI is InChI=1S/C16H20N4/c1-2-4-6-13(5-3-1)9-10-18-15-8-7-14-16(20-15)19-12-11-17-14/h5,7-8,11-12H,1-4,6,9-10H2,(H,18,19,20). The van der Waals surface area contributed by atoms with Gasteiger partial charge < -0.3 is 5.32 Å². The number of allylic oxidation sites excluding steroid dienone is 1. The van der Waals surface area contributed by atoms with Gasteiger partial charge in [0.15, 0.2) is 5.65 Å². The van der Waals surface area contributed by atoms with Gasteiger partial charge in [-0.3, -0.25) is 4.98 Å². The van der Waals surface area contributed by atoms with Gasteiger partial charge in [0.2, 0.25) is 0 Å². The maximum atomic E-state index is 4.47. The predicted molar refractivity (Wildman–Crippen MR) is 81.6 cm³/mol. The first kappa shape index (κ1) is 13.0. The zero-order valence-corrected chi connectivity index (χ0v) is 11.7. The van der Waals surface area contributed by atoms with Gasteiger partial charge in [0, 0.05) is 18.9 Å². The Morgan fingerprint density at radius 1 is 1.05 bits per heavy atom. The molecule has 0 saturated heterocycles. The molecule has 4 nitrogen and oxygen atoms in total. The molecule has 0 spiro atoms. The Morgan fingerprint density at radius 2 is 2.00 bits per heavy atom. The first-order valence-corrected chi connectivity index (χ1v) is 7.41. The van der Waals surface area contributed by atoms with E-state index in [-0.39, 0.29) is 0 Å². The molecule has 0 unspecified atom stereocenters. The molecular formula is C16H20N4. The highest BCUT2D eigenvalue weighted by Gasteiger charge is 2.03. The van der Waals surface area contributed by atoms with Crippen LogP contribution in [0.5, 0.6) is 0 Å². The van der Waals surface area contributed by atoms with Crippen molar-refractivity contribution in [3.63, 3.8) is 0 Å². The maximum Gasteiger partial charge on any atom is 0.180 e. The minimum absolute atomic E-state index is 0.700. The van der Waals surface area contributed by atoms with Gasteiger partial charge in [-0.2, -0.15) is 0 Å². The predicted octanol–water partition coefficient (Wildman–Crippen LogP) is 3.72. The number of hydrogen-bond donors (Lipinski definition) is 1. The molecule has 1 aliphatic rings. The summed E-state index contributed by atoms with van der Waals surface area (Å²) in [6.45, 7) is 0.935. The number of fused-ring (bicyclic) bond motifs is 1. The van der Waals surface area contributed by atoms with E-state index in [1.165, 1.54) is 32.1 Å². The van der Waals surface area contributed by atoms with Crippen molar-refractivity contribution in [3.05, 3.63) is 36.2 Å². The second-order valence-electron chi connectivity index (χ2n) is 5.23. The third-order valence-corrected chi connectivity index (χ3v) is 3.72. The summed E-state index contributed by atoms with van der Waals surface area (Å²) in [6.07, 6.45) is 13.5. The average Bonchev–Trinajstić information content (AvgIpc) is 2.76. The largest absolute Gasteiger partial charge is 0.370 e. The zero-order valence-electron chi connectivity index (χ0n) is 11.7. The fourth-order valence-corrected chi connectivity index (χ4v) is 2.61. The van der Waals surface area contributed by atoms with Crippen LogP contribution in [0, 0.1) is 0 Å². The van der Waals surface area contributed by atoms with E-state index in [0.29, 0.717) is 5.65 Å². The summed E-state index contributed by atoms with van der Waals surface area (Å²) in [4.78, 5) is 12.9. The lowest BCUT2D eigenvalue weighted by molar-refractivity contribution is 0.704. The molecule has 2 heterocycles. The fourth-order valence-electron chi connectivity index (χ4n) is 2.61. The van der Waals surface area contributed by atoms with Crippen LogP contribution in [-0.2, 0) is 0 Å². The maximum absolute atomic E-state index is 4.47. The molecule has 104 valence electrons. The summed E-state index contributed by atoms with van der Waals surface area (Å²) in [5.41, 5.74) is 3.13. The van der Waals surface area contributed by atoms with Crippen molar-refractivity contribution in [1.82, 2.24) is 15.0 Å². The molecule has 3 rings (SSSR count). The Hall–Kier alpha value is -1.97. The molecule has 0 atom stereocenters. The number of rotatable bonds is 4. The molecule has 0 amide bonds. The van der Waals surface area contributed by atoms with E-state index in [2.05, 4.69) is 26.3 Å². The van der Waals surface area contributed by atoms with Crippen LogP contribution >= 0.6 is 0 Å². The van der Waals surface area contributed by atoms with Crippen LogP contribution < -0.4 is 5.32 Å². The Balaban J connectivity index is 1.58. The molecule has 20 heavy (non-hydrogen) atoms. The van der Waals surface area contributed by atoms with Gasteiger partial charge in [0.05, 0.1) is 0 Å².